The number of hydrogen-bond acceptors (Lipinski definition) is 9. The lowest BCUT2D eigenvalue weighted by Crippen LogP contribution is -2.41. The van der Waals surface area contributed by atoms with Crippen LogP contribution in [0.5, 0.6) is 0 Å². The first-order valence-corrected chi connectivity index (χ1v) is 8.41. The zero-order valence-electron chi connectivity index (χ0n) is 11.9. The molecule has 1 N–H and O–H groups in total. The van der Waals surface area contributed by atoms with Crippen LogP contribution in [0.3, 0.4) is 0 Å². The van der Waals surface area contributed by atoms with Gasteiger partial charge in [0.05, 0.1) is 23.4 Å². The van der Waals surface area contributed by atoms with E-state index in [2.05, 4.69) is 9.51 Å². The Kier molecular flexibility index (Phi) is 3.46. The molecule has 0 amide bonds. The highest BCUT2D eigenvalue weighted by atomic mass is 31.2. The molecule has 1 unspecified atom stereocenters. The van der Waals surface area contributed by atoms with Gasteiger partial charge in [0.2, 0.25) is 0 Å². The van der Waals surface area contributed by atoms with Crippen molar-refractivity contribution in [3.63, 3.8) is 0 Å². The summed E-state index contributed by atoms with van der Waals surface area (Å²) >= 11 is 0. The van der Waals surface area contributed by atoms with E-state index in [0.717, 1.165) is 0 Å². The molecule has 2 aromatic rings. The molecule has 2 fully saturated rings. The summed E-state index contributed by atoms with van der Waals surface area (Å²) in [6, 6.07) is 4.39. The molecule has 0 radical (unpaired) electrons. The monoisotopic (exact) mass is 356 g/mol. The number of aliphatic hydroxyl groups is 1. The van der Waals surface area contributed by atoms with Crippen LogP contribution in [0.2, 0.25) is 0 Å². The minimum Gasteiger partial charge on any atom is -0.756 e. The number of rotatable bonds is 2. The van der Waals surface area contributed by atoms with Crippen molar-refractivity contribution in [3.8, 4) is 0 Å². The van der Waals surface area contributed by atoms with Crippen LogP contribution in [-0.2, 0) is 18.3 Å². The van der Waals surface area contributed by atoms with Gasteiger partial charge in [-0.05, 0) is 6.07 Å². The molecular weight excluding hydrogens is 345 g/mol. The molecule has 4 rings (SSSR count). The molecule has 5 atom stereocenters. The van der Waals surface area contributed by atoms with E-state index in [-0.39, 0.29) is 17.8 Å². The molecule has 1 aromatic carbocycles. The van der Waals surface area contributed by atoms with Gasteiger partial charge in [-0.25, -0.2) is 4.98 Å². The highest BCUT2D eigenvalue weighted by molar-refractivity contribution is 7.45. The first-order valence-electron chi connectivity index (χ1n) is 6.95. The topological polar surface area (TPSA) is 149 Å². The highest BCUT2D eigenvalue weighted by Gasteiger charge is 2.50. The van der Waals surface area contributed by atoms with E-state index in [1.807, 2.05) is 0 Å². The van der Waals surface area contributed by atoms with Gasteiger partial charge >= 0.3 is 0 Å². The second kappa shape index (κ2) is 5.31. The summed E-state index contributed by atoms with van der Waals surface area (Å²) in [4.78, 5) is 25.9. The average Bonchev–Trinajstić information content (AvgIpc) is 3.08. The maximum absolute atomic E-state index is 11.4. The Morgan fingerprint density at radius 1 is 1.46 bits per heavy atom. The van der Waals surface area contributed by atoms with Crippen molar-refractivity contribution in [1.29, 1.82) is 0 Å². The molecule has 2 aliphatic rings. The molecule has 0 spiro atoms. The van der Waals surface area contributed by atoms with Gasteiger partial charge < -0.3 is 28.4 Å². The van der Waals surface area contributed by atoms with Crippen LogP contribution in [0.15, 0.2) is 24.5 Å². The lowest BCUT2D eigenvalue weighted by atomic mass is 10.1. The quantitative estimate of drug-likeness (QED) is 0.448. The third kappa shape index (κ3) is 2.34. The number of phosphoric ester groups is 1. The smallest absolute Gasteiger partial charge is 0.297 e. The van der Waals surface area contributed by atoms with Crippen LogP contribution in [0.1, 0.15) is 6.23 Å². The molecule has 128 valence electrons. The molecule has 0 saturated carbocycles. The highest BCUT2D eigenvalue weighted by Crippen LogP contribution is 2.49. The van der Waals surface area contributed by atoms with Crippen molar-refractivity contribution in [1.82, 2.24) is 9.55 Å². The number of aromatic nitrogens is 2. The summed E-state index contributed by atoms with van der Waals surface area (Å²) in [6.07, 6.45) is -2.91. The number of ether oxygens (including phenoxy) is 1. The summed E-state index contributed by atoms with van der Waals surface area (Å²) < 4.78 is 27.7. The minimum absolute atomic E-state index is 0.139. The fourth-order valence-corrected chi connectivity index (χ4v) is 3.90. The number of nitro benzene ring substituents is 1. The SMILES string of the molecule is O=[N+]([O-])c1cccc2c1ncn2[C@@H]1O[C@@H]2COP(=O)([O-])O[C@H]2[C@H]1O. The normalized spacial score (nSPS) is 35.9. The van der Waals surface area contributed by atoms with Gasteiger partial charge in [-0.15, -0.1) is 0 Å². The molecule has 0 aliphatic carbocycles. The van der Waals surface area contributed by atoms with Crippen LogP contribution < -0.4 is 4.89 Å². The first-order chi connectivity index (χ1) is 11.4. The molecule has 2 saturated heterocycles. The molecular formula is C12H11N3O8P-. The lowest BCUT2D eigenvalue weighted by Gasteiger charge is -2.34. The number of aliphatic hydroxyl groups excluding tert-OH is 1. The third-order valence-electron chi connectivity index (χ3n) is 4.01. The number of imidazole rings is 1. The van der Waals surface area contributed by atoms with E-state index in [1.165, 1.54) is 23.0 Å². The summed E-state index contributed by atoms with van der Waals surface area (Å²) in [5.74, 6) is 0. The van der Waals surface area contributed by atoms with Gasteiger partial charge in [-0.1, -0.05) is 6.07 Å². The molecule has 2 aliphatic heterocycles. The third-order valence-corrected chi connectivity index (χ3v) is 4.98. The fraction of sp³-hybridized carbons (Fsp3) is 0.417. The van der Waals surface area contributed by atoms with Crippen LogP contribution in [-0.4, -0.2) is 44.5 Å². The summed E-state index contributed by atoms with van der Waals surface area (Å²) in [6.45, 7) is -0.272. The van der Waals surface area contributed by atoms with Gasteiger partial charge in [0.1, 0.15) is 18.3 Å². The van der Waals surface area contributed by atoms with Gasteiger partial charge in [0.15, 0.2) is 11.7 Å². The summed E-state index contributed by atoms with van der Waals surface area (Å²) in [5, 5.41) is 21.4. The van der Waals surface area contributed by atoms with Crippen molar-refractivity contribution in [2.24, 2.45) is 0 Å². The zero-order chi connectivity index (χ0) is 17.1. The van der Waals surface area contributed by atoms with Gasteiger partial charge in [-0.3, -0.25) is 14.7 Å². The van der Waals surface area contributed by atoms with Crippen LogP contribution >= 0.6 is 7.82 Å². The molecule has 1 aromatic heterocycles. The molecule has 3 heterocycles. The van der Waals surface area contributed by atoms with Crippen LogP contribution in [0.4, 0.5) is 5.69 Å². The number of nitrogens with zero attached hydrogens (tertiary/aromatic N) is 3. The molecule has 11 nitrogen and oxygen atoms in total. The minimum atomic E-state index is -4.47. The Morgan fingerprint density at radius 2 is 2.25 bits per heavy atom. The van der Waals surface area contributed by atoms with E-state index in [4.69, 9.17) is 9.26 Å². The maximum Gasteiger partial charge on any atom is 0.297 e. The molecule has 0 bridgehead atoms. The Morgan fingerprint density at radius 3 is 3.00 bits per heavy atom. The Labute approximate surface area is 134 Å². The predicted octanol–water partition coefficient (Wildman–Crippen LogP) is 0.0866. The number of hydrogen-bond donors (Lipinski definition) is 1. The standard InChI is InChI=1S/C12H12N3O8P/c16-10-11-8(4-21-24(19,20)23-11)22-12(10)14-5-13-9-6(14)2-1-3-7(9)15(17)18/h1-3,5,8,10-12,16H,4H2,(H,19,20)/p-1/t8-,10-,11-,12-/m1/s1. The van der Waals surface area contributed by atoms with Crippen LogP contribution in [0.25, 0.3) is 11.0 Å². The Balaban J connectivity index is 1.73. The number of non-ortho nitro benzene ring substituents is 1. The number of nitro groups is 1. The van der Waals surface area contributed by atoms with E-state index in [0.29, 0.717) is 5.52 Å². The van der Waals surface area contributed by atoms with Crippen molar-refractivity contribution >= 4 is 24.5 Å². The van der Waals surface area contributed by atoms with Gasteiger partial charge in [0.25, 0.3) is 13.5 Å². The van der Waals surface area contributed by atoms with E-state index in [1.54, 1.807) is 6.07 Å². The Bertz CT molecular complexity index is 869. The molecule has 24 heavy (non-hydrogen) atoms. The zero-order valence-corrected chi connectivity index (χ0v) is 12.8. The van der Waals surface area contributed by atoms with E-state index >= 15 is 0 Å². The van der Waals surface area contributed by atoms with Crippen molar-refractivity contribution in [2.75, 3.05) is 6.61 Å². The second-order valence-electron chi connectivity index (χ2n) is 5.42. The fourth-order valence-electron chi connectivity index (χ4n) is 2.95. The van der Waals surface area contributed by atoms with Gasteiger partial charge in [0, 0.05) is 6.07 Å². The van der Waals surface area contributed by atoms with Crippen molar-refractivity contribution in [3.05, 3.63) is 34.6 Å². The largest absolute Gasteiger partial charge is 0.756 e. The Hall–Kier alpha value is -1.88. The summed E-state index contributed by atoms with van der Waals surface area (Å²) in [5.41, 5.74) is 0.331. The summed E-state index contributed by atoms with van der Waals surface area (Å²) in [7, 11) is -4.47. The second-order valence-corrected chi connectivity index (χ2v) is 6.79. The number of phosphoric acid groups is 1. The number of fused-ring (bicyclic) bond motifs is 2. The maximum atomic E-state index is 11.4. The number of para-hydroxylation sites is 1. The lowest BCUT2D eigenvalue weighted by molar-refractivity contribution is -0.383. The molecule has 12 heteroatoms. The van der Waals surface area contributed by atoms with E-state index < -0.39 is 37.3 Å². The average molecular weight is 356 g/mol. The van der Waals surface area contributed by atoms with Gasteiger partial charge in [-0.2, -0.15) is 0 Å². The van der Waals surface area contributed by atoms with E-state index in [9.17, 15) is 24.7 Å². The van der Waals surface area contributed by atoms with Crippen molar-refractivity contribution in [2.45, 2.75) is 24.5 Å². The predicted molar refractivity (Wildman–Crippen MR) is 74.7 cm³/mol. The number of benzene rings is 1. The van der Waals surface area contributed by atoms with Crippen LogP contribution in [0, 0.1) is 10.1 Å². The van der Waals surface area contributed by atoms with Crippen molar-refractivity contribution < 1.29 is 33.3 Å². The first kappa shape index (κ1) is 15.6.